The van der Waals surface area contributed by atoms with Crippen molar-refractivity contribution in [3.8, 4) is 0 Å². The molecule has 1 atom stereocenters. The van der Waals surface area contributed by atoms with Crippen LogP contribution in [0, 0.1) is 5.82 Å². The summed E-state index contributed by atoms with van der Waals surface area (Å²) in [6.45, 7) is 4.25. The van der Waals surface area contributed by atoms with Gasteiger partial charge in [0, 0.05) is 11.8 Å². The summed E-state index contributed by atoms with van der Waals surface area (Å²) in [7, 11) is 0. The van der Waals surface area contributed by atoms with Gasteiger partial charge in [-0.25, -0.2) is 4.39 Å². The van der Waals surface area contributed by atoms with Gasteiger partial charge in [0.15, 0.2) is 0 Å². The molecule has 0 aliphatic rings. The Bertz CT molecular complexity index is 302. The molecular formula is C10H15FN2O. The van der Waals surface area contributed by atoms with Gasteiger partial charge in [0.1, 0.15) is 11.5 Å². The molecule has 0 aliphatic carbocycles. The molecule has 4 heteroatoms. The average molecular weight is 198 g/mol. The number of hydrogen-bond acceptors (Lipinski definition) is 3. The van der Waals surface area contributed by atoms with E-state index in [1.165, 1.54) is 12.3 Å². The molecule has 0 fully saturated rings. The van der Waals surface area contributed by atoms with Crippen molar-refractivity contribution in [2.45, 2.75) is 26.0 Å². The minimum Gasteiger partial charge on any atom is -0.372 e. The van der Waals surface area contributed by atoms with Gasteiger partial charge in [-0.3, -0.25) is 10.3 Å². The molecule has 0 saturated heterocycles. The van der Waals surface area contributed by atoms with Crippen molar-refractivity contribution in [3.63, 3.8) is 0 Å². The van der Waals surface area contributed by atoms with Crippen LogP contribution in [0.2, 0.25) is 0 Å². The van der Waals surface area contributed by atoms with E-state index in [4.69, 9.17) is 0 Å². The molecule has 1 unspecified atom stereocenters. The molecule has 2 N–H and O–H groups in total. The Labute approximate surface area is 83.0 Å². The maximum absolute atomic E-state index is 12.8. The van der Waals surface area contributed by atoms with E-state index in [0.717, 1.165) is 12.6 Å². The van der Waals surface area contributed by atoms with Gasteiger partial charge < -0.3 is 5.11 Å². The van der Waals surface area contributed by atoms with E-state index in [9.17, 15) is 9.50 Å². The van der Waals surface area contributed by atoms with E-state index in [1.54, 1.807) is 6.92 Å². The monoisotopic (exact) mass is 198 g/mol. The van der Waals surface area contributed by atoms with Gasteiger partial charge in [0.2, 0.25) is 0 Å². The third kappa shape index (κ3) is 2.75. The van der Waals surface area contributed by atoms with Crippen molar-refractivity contribution in [2.75, 3.05) is 6.54 Å². The summed E-state index contributed by atoms with van der Waals surface area (Å²) in [6, 6.07) is 1.27. The van der Waals surface area contributed by atoms with Crippen LogP contribution in [-0.2, 0) is 5.72 Å². The summed E-state index contributed by atoms with van der Waals surface area (Å²) < 4.78 is 12.8. The minimum atomic E-state index is -1.22. The number of hydrogen-bond donors (Lipinski definition) is 2. The Morgan fingerprint density at radius 2 is 2.29 bits per heavy atom. The van der Waals surface area contributed by atoms with E-state index in [2.05, 4.69) is 10.3 Å². The molecule has 0 radical (unpaired) electrons. The Morgan fingerprint density at radius 1 is 1.57 bits per heavy atom. The molecule has 0 saturated carbocycles. The Kier molecular flexibility index (Phi) is 3.55. The fourth-order valence-corrected chi connectivity index (χ4v) is 1.15. The third-order valence-corrected chi connectivity index (χ3v) is 1.99. The summed E-state index contributed by atoms with van der Waals surface area (Å²) in [4.78, 5) is 3.68. The molecule has 0 aliphatic heterocycles. The standard InChI is InChI=1S/C10H15FN2O/c1-3-4-13-10(2,14)8-5-9(11)7-12-6-8/h5-7,13-14H,3-4H2,1-2H3. The first kappa shape index (κ1) is 11.1. The lowest BCUT2D eigenvalue weighted by molar-refractivity contribution is 0.0197. The van der Waals surface area contributed by atoms with Crippen molar-refractivity contribution in [3.05, 3.63) is 29.8 Å². The zero-order chi connectivity index (χ0) is 10.6. The van der Waals surface area contributed by atoms with Crippen LogP contribution in [0.4, 0.5) is 4.39 Å². The number of aromatic nitrogens is 1. The van der Waals surface area contributed by atoms with Crippen LogP contribution in [0.5, 0.6) is 0 Å². The normalized spacial score (nSPS) is 15.1. The fraction of sp³-hybridized carbons (Fsp3) is 0.500. The Hall–Kier alpha value is -1.00. The quantitative estimate of drug-likeness (QED) is 0.718. The average Bonchev–Trinajstić information content (AvgIpc) is 2.15. The first-order valence-corrected chi connectivity index (χ1v) is 4.64. The van der Waals surface area contributed by atoms with E-state index >= 15 is 0 Å². The van der Waals surface area contributed by atoms with Crippen molar-refractivity contribution in [1.82, 2.24) is 10.3 Å². The molecule has 0 spiro atoms. The lowest BCUT2D eigenvalue weighted by Crippen LogP contribution is -2.39. The highest BCUT2D eigenvalue weighted by Crippen LogP contribution is 2.16. The van der Waals surface area contributed by atoms with Gasteiger partial charge in [-0.1, -0.05) is 6.92 Å². The number of nitrogens with one attached hydrogen (secondary N) is 1. The SMILES string of the molecule is CCCNC(C)(O)c1cncc(F)c1. The van der Waals surface area contributed by atoms with E-state index in [-0.39, 0.29) is 0 Å². The highest BCUT2D eigenvalue weighted by Gasteiger charge is 2.22. The summed E-state index contributed by atoms with van der Waals surface area (Å²) in [5.41, 5.74) is -0.781. The van der Waals surface area contributed by atoms with Crippen molar-refractivity contribution in [2.24, 2.45) is 0 Å². The number of rotatable bonds is 4. The molecule has 3 nitrogen and oxygen atoms in total. The highest BCUT2D eigenvalue weighted by atomic mass is 19.1. The molecule has 0 amide bonds. The predicted molar refractivity (Wildman–Crippen MR) is 52.1 cm³/mol. The predicted octanol–water partition coefficient (Wildman–Crippen LogP) is 1.39. The molecule has 1 rings (SSSR count). The maximum atomic E-state index is 12.8. The maximum Gasteiger partial charge on any atom is 0.141 e. The molecule has 78 valence electrons. The zero-order valence-electron chi connectivity index (χ0n) is 8.42. The number of pyridine rings is 1. The van der Waals surface area contributed by atoms with Crippen LogP contribution < -0.4 is 5.32 Å². The van der Waals surface area contributed by atoms with E-state index < -0.39 is 11.5 Å². The van der Waals surface area contributed by atoms with Crippen LogP contribution in [0.25, 0.3) is 0 Å². The van der Waals surface area contributed by atoms with E-state index in [0.29, 0.717) is 12.1 Å². The van der Waals surface area contributed by atoms with Crippen molar-refractivity contribution < 1.29 is 9.50 Å². The number of aliphatic hydroxyl groups is 1. The summed E-state index contributed by atoms with van der Waals surface area (Å²) in [5, 5.41) is 12.8. The lowest BCUT2D eigenvalue weighted by atomic mass is 10.1. The zero-order valence-corrected chi connectivity index (χ0v) is 8.42. The molecule has 1 aromatic rings. The first-order chi connectivity index (χ1) is 6.56. The van der Waals surface area contributed by atoms with Gasteiger partial charge >= 0.3 is 0 Å². The summed E-state index contributed by atoms with van der Waals surface area (Å²) in [6.07, 6.45) is 3.46. The van der Waals surface area contributed by atoms with Crippen LogP contribution in [0.15, 0.2) is 18.5 Å². The summed E-state index contributed by atoms with van der Waals surface area (Å²) in [5.74, 6) is -0.443. The highest BCUT2D eigenvalue weighted by molar-refractivity contribution is 5.16. The topological polar surface area (TPSA) is 45.1 Å². The van der Waals surface area contributed by atoms with Crippen molar-refractivity contribution >= 4 is 0 Å². The smallest absolute Gasteiger partial charge is 0.141 e. The van der Waals surface area contributed by atoms with Crippen LogP contribution in [0.3, 0.4) is 0 Å². The van der Waals surface area contributed by atoms with Gasteiger partial charge in [-0.15, -0.1) is 0 Å². The minimum absolute atomic E-state index is 0.436. The van der Waals surface area contributed by atoms with Crippen LogP contribution in [0.1, 0.15) is 25.8 Å². The molecule has 14 heavy (non-hydrogen) atoms. The first-order valence-electron chi connectivity index (χ1n) is 4.64. The van der Waals surface area contributed by atoms with Gasteiger partial charge in [0.25, 0.3) is 0 Å². The molecular weight excluding hydrogens is 183 g/mol. The lowest BCUT2D eigenvalue weighted by Gasteiger charge is -2.24. The molecule has 0 bridgehead atoms. The van der Waals surface area contributed by atoms with Gasteiger partial charge in [-0.05, 0) is 26.0 Å². The molecule has 1 aromatic heterocycles. The van der Waals surface area contributed by atoms with Crippen LogP contribution >= 0.6 is 0 Å². The summed E-state index contributed by atoms with van der Waals surface area (Å²) >= 11 is 0. The Morgan fingerprint density at radius 3 is 2.86 bits per heavy atom. The molecule has 0 aromatic carbocycles. The third-order valence-electron chi connectivity index (χ3n) is 1.99. The second-order valence-electron chi connectivity index (χ2n) is 3.39. The van der Waals surface area contributed by atoms with Gasteiger partial charge in [-0.2, -0.15) is 0 Å². The number of halogens is 1. The van der Waals surface area contributed by atoms with Crippen LogP contribution in [-0.4, -0.2) is 16.6 Å². The second-order valence-corrected chi connectivity index (χ2v) is 3.39. The Balaban J connectivity index is 2.80. The number of nitrogens with zero attached hydrogens (tertiary/aromatic N) is 1. The fourth-order valence-electron chi connectivity index (χ4n) is 1.15. The van der Waals surface area contributed by atoms with Crippen molar-refractivity contribution in [1.29, 1.82) is 0 Å². The van der Waals surface area contributed by atoms with E-state index in [1.807, 2.05) is 6.92 Å². The van der Waals surface area contributed by atoms with Gasteiger partial charge in [0.05, 0.1) is 6.20 Å². The molecule has 1 heterocycles. The largest absolute Gasteiger partial charge is 0.372 e. The second kappa shape index (κ2) is 4.48.